The number of rotatable bonds is 3. The Bertz CT molecular complexity index is 1150. The van der Waals surface area contributed by atoms with Gasteiger partial charge in [0.2, 0.25) is 0 Å². The highest BCUT2D eigenvalue weighted by Gasteiger charge is 2.21. The Morgan fingerprint density at radius 3 is 2.88 bits per heavy atom. The maximum atomic E-state index is 14.6. The number of nitrogens with two attached hydrogens (primary N) is 1. The van der Waals surface area contributed by atoms with Crippen molar-refractivity contribution >= 4 is 28.2 Å². The second-order valence-electron chi connectivity index (χ2n) is 5.98. The van der Waals surface area contributed by atoms with Crippen LogP contribution in [0.5, 0.6) is 0 Å². The largest absolute Gasteiger partial charge is 0.394 e. The molecule has 132 valence electrons. The molecule has 0 atom stereocenters. The third kappa shape index (κ3) is 2.38. The number of allylic oxidation sites excluding steroid dienone is 5. The molecule has 3 aromatic rings. The van der Waals surface area contributed by atoms with Crippen LogP contribution in [0.15, 0.2) is 48.1 Å². The van der Waals surface area contributed by atoms with Gasteiger partial charge in [-0.1, -0.05) is 12.2 Å². The maximum Gasteiger partial charge on any atom is 0.251 e. The van der Waals surface area contributed by atoms with Crippen LogP contribution in [0, 0.1) is 5.82 Å². The molecule has 0 saturated heterocycles. The lowest BCUT2D eigenvalue weighted by Gasteiger charge is -2.10. The van der Waals surface area contributed by atoms with E-state index < -0.39 is 11.7 Å². The zero-order valence-corrected chi connectivity index (χ0v) is 13.8. The van der Waals surface area contributed by atoms with E-state index in [4.69, 9.17) is 5.73 Å². The number of nitrogens with one attached hydrogen (secondary N) is 2. The molecule has 1 aromatic carbocycles. The maximum absolute atomic E-state index is 14.6. The smallest absolute Gasteiger partial charge is 0.251 e. The number of aromatic amines is 1. The Labute approximate surface area is 146 Å². The highest BCUT2D eigenvalue weighted by Crippen LogP contribution is 2.34. The van der Waals surface area contributed by atoms with E-state index in [0.29, 0.717) is 22.3 Å². The molecule has 0 saturated carbocycles. The first-order valence-corrected chi connectivity index (χ1v) is 7.92. The quantitative estimate of drug-likeness (QED) is 0.675. The molecule has 0 bridgehead atoms. The van der Waals surface area contributed by atoms with Crippen molar-refractivity contribution in [1.82, 2.24) is 19.9 Å². The number of carbonyl (C=O) groups is 1. The first-order valence-electron chi connectivity index (χ1n) is 7.92. The number of imidazole rings is 1. The normalized spacial score (nSPS) is 16.2. The van der Waals surface area contributed by atoms with Gasteiger partial charge in [-0.25, -0.2) is 18.3 Å². The highest BCUT2D eigenvalue weighted by molar-refractivity contribution is 6.05. The zero-order chi connectivity index (χ0) is 18.4. The van der Waals surface area contributed by atoms with Crippen molar-refractivity contribution in [2.75, 3.05) is 7.05 Å². The number of benzene rings is 1. The van der Waals surface area contributed by atoms with Crippen molar-refractivity contribution in [3.8, 4) is 0 Å². The van der Waals surface area contributed by atoms with E-state index in [1.165, 1.54) is 10.6 Å². The van der Waals surface area contributed by atoms with Crippen molar-refractivity contribution in [1.29, 1.82) is 0 Å². The predicted molar refractivity (Wildman–Crippen MR) is 94.5 cm³/mol. The molecule has 0 fully saturated rings. The average Bonchev–Trinajstić information content (AvgIpc) is 3.13. The van der Waals surface area contributed by atoms with Gasteiger partial charge in [-0.3, -0.25) is 9.89 Å². The van der Waals surface area contributed by atoms with Crippen LogP contribution in [0.25, 0.3) is 22.3 Å². The van der Waals surface area contributed by atoms with Gasteiger partial charge in [0, 0.05) is 36.9 Å². The molecule has 1 aliphatic carbocycles. The Balaban J connectivity index is 1.93. The van der Waals surface area contributed by atoms with Crippen LogP contribution >= 0.6 is 0 Å². The molecule has 4 rings (SSSR count). The van der Waals surface area contributed by atoms with Gasteiger partial charge in [-0.2, -0.15) is 0 Å². The molecule has 2 heterocycles. The third-order valence-corrected chi connectivity index (χ3v) is 4.30. The number of fused-ring (bicyclic) bond motifs is 3. The van der Waals surface area contributed by atoms with Gasteiger partial charge in [0.25, 0.3) is 5.91 Å². The molecule has 1 amide bonds. The third-order valence-electron chi connectivity index (χ3n) is 4.30. The summed E-state index contributed by atoms with van der Waals surface area (Å²) in [5.41, 5.74) is 8.11. The van der Waals surface area contributed by atoms with Crippen LogP contribution in [-0.2, 0) is 0 Å². The summed E-state index contributed by atoms with van der Waals surface area (Å²) in [7, 11) is 1.75. The molecule has 2 aromatic heterocycles. The number of nitrogens with zero attached hydrogens (tertiary/aromatic N) is 2. The Morgan fingerprint density at radius 2 is 2.19 bits per heavy atom. The molecular formula is C18H15F2N5O. The summed E-state index contributed by atoms with van der Waals surface area (Å²) in [6.45, 7) is 0. The zero-order valence-electron chi connectivity index (χ0n) is 13.8. The number of hydrogen-bond acceptors (Lipinski definition) is 3. The lowest BCUT2D eigenvalue weighted by Crippen LogP contribution is -2.12. The minimum absolute atomic E-state index is 0.00813. The van der Waals surface area contributed by atoms with Crippen molar-refractivity contribution < 1.29 is 13.6 Å². The molecule has 8 heteroatoms. The lowest BCUT2D eigenvalue weighted by atomic mass is 9.98. The van der Waals surface area contributed by atoms with Gasteiger partial charge in [-0.15, -0.1) is 0 Å². The van der Waals surface area contributed by atoms with Crippen molar-refractivity contribution in [3.63, 3.8) is 0 Å². The molecule has 4 N–H and O–H groups in total. The predicted octanol–water partition coefficient (Wildman–Crippen LogP) is 2.80. The van der Waals surface area contributed by atoms with E-state index >= 15 is 0 Å². The van der Waals surface area contributed by atoms with E-state index in [0.717, 1.165) is 11.6 Å². The Hall–Kier alpha value is -3.42. The topological polar surface area (TPSA) is 88.2 Å². The fraction of sp³-hybridized carbons (Fsp3) is 0.111. The molecule has 1 aliphatic rings. The van der Waals surface area contributed by atoms with Crippen LogP contribution in [0.3, 0.4) is 0 Å². The van der Waals surface area contributed by atoms with Gasteiger partial charge >= 0.3 is 0 Å². The van der Waals surface area contributed by atoms with E-state index in [-0.39, 0.29) is 23.3 Å². The summed E-state index contributed by atoms with van der Waals surface area (Å²) < 4.78 is 29.9. The molecule has 0 spiro atoms. The summed E-state index contributed by atoms with van der Waals surface area (Å²) in [5.74, 6) is -1.68. The minimum atomic E-state index is -0.766. The highest BCUT2D eigenvalue weighted by atomic mass is 19.1. The van der Waals surface area contributed by atoms with Crippen LogP contribution in [0.4, 0.5) is 8.78 Å². The molecule has 0 aliphatic heterocycles. The van der Waals surface area contributed by atoms with E-state index in [1.807, 2.05) is 6.08 Å². The van der Waals surface area contributed by atoms with E-state index in [2.05, 4.69) is 15.4 Å². The van der Waals surface area contributed by atoms with Gasteiger partial charge in [0.1, 0.15) is 17.2 Å². The summed E-state index contributed by atoms with van der Waals surface area (Å²) in [6.07, 6.45) is 6.97. The number of halogens is 2. The summed E-state index contributed by atoms with van der Waals surface area (Å²) >= 11 is 0. The molecular weight excluding hydrogens is 340 g/mol. The second kappa shape index (κ2) is 5.83. The summed E-state index contributed by atoms with van der Waals surface area (Å²) in [6, 6.07) is 2.27. The molecule has 6 nitrogen and oxygen atoms in total. The van der Waals surface area contributed by atoms with Crippen LogP contribution < -0.4 is 11.1 Å². The second-order valence-corrected chi connectivity index (χ2v) is 5.98. The number of amides is 1. The van der Waals surface area contributed by atoms with Gasteiger partial charge in [0.15, 0.2) is 5.65 Å². The Morgan fingerprint density at radius 1 is 1.38 bits per heavy atom. The molecule has 0 unspecified atom stereocenters. The number of carbonyl (C=O) groups excluding carboxylic acids is 1. The van der Waals surface area contributed by atoms with Gasteiger partial charge < -0.3 is 11.1 Å². The SMILES string of the molecule is CNC=C1C=CC(c2c[nH]n3c2nc2cc(F)cc(C(N)=O)c23)=C(F)C1. The van der Waals surface area contributed by atoms with E-state index in [9.17, 15) is 13.6 Å². The minimum Gasteiger partial charge on any atom is -0.394 e. The number of H-pyrrole nitrogens is 1. The van der Waals surface area contributed by atoms with E-state index in [1.54, 1.807) is 25.5 Å². The molecule has 26 heavy (non-hydrogen) atoms. The fourth-order valence-electron chi connectivity index (χ4n) is 3.20. The summed E-state index contributed by atoms with van der Waals surface area (Å²) in [5, 5.41) is 5.81. The number of aromatic nitrogens is 3. The summed E-state index contributed by atoms with van der Waals surface area (Å²) in [4.78, 5) is 16.0. The molecule has 0 radical (unpaired) electrons. The first-order chi connectivity index (χ1) is 12.5. The number of hydrogen-bond donors (Lipinski definition) is 3. The van der Waals surface area contributed by atoms with Crippen molar-refractivity contribution in [3.05, 3.63) is 65.0 Å². The first kappa shape index (κ1) is 16.1. The average molecular weight is 355 g/mol. The van der Waals surface area contributed by atoms with Crippen molar-refractivity contribution in [2.45, 2.75) is 6.42 Å². The standard InChI is InChI=1S/C18H15F2N5O/c1-22-7-9-2-3-11(14(20)4-9)13-8-23-25-16-12(17(21)26)5-10(19)6-15(16)24-18(13)25/h2-3,5-8,22-23H,4H2,1H3,(H2,21,26). The van der Waals surface area contributed by atoms with Crippen LogP contribution in [0.2, 0.25) is 0 Å². The van der Waals surface area contributed by atoms with Gasteiger partial charge in [-0.05, 0) is 17.8 Å². The fourth-order valence-corrected chi connectivity index (χ4v) is 3.20. The van der Waals surface area contributed by atoms with Crippen LogP contribution in [-0.4, -0.2) is 27.6 Å². The van der Waals surface area contributed by atoms with Crippen molar-refractivity contribution in [2.24, 2.45) is 5.73 Å². The van der Waals surface area contributed by atoms with Crippen LogP contribution in [0.1, 0.15) is 22.3 Å². The van der Waals surface area contributed by atoms with Gasteiger partial charge in [0.05, 0.1) is 11.1 Å². The number of primary amides is 1. The monoisotopic (exact) mass is 355 g/mol. The lowest BCUT2D eigenvalue weighted by molar-refractivity contribution is 0.100. The Kier molecular flexibility index (Phi) is 3.61.